The van der Waals surface area contributed by atoms with Crippen molar-refractivity contribution in [2.24, 2.45) is 5.92 Å². The lowest BCUT2D eigenvalue weighted by Gasteiger charge is -2.16. The monoisotopic (exact) mass is 365 g/mol. The van der Waals surface area contributed by atoms with Crippen LogP contribution in [0.4, 0.5) is 0 Å². The molecule has 0 aliphatic carbocycles. The van der Waals surface area contributed by atoms with Crippen molar-refractivity contribution in [3.05, 3.63) is 77.4 Å². The van der Waals surface area contributed by atoms with Gasteiger partial charge in [-0.2, -0.15) is 5.06 Å². The fourth-order valence-electron chi connectivity index (χ4n) is 3.24. The third kappa shape index (κ3) is 4.26. The summed E-state index contributed by atoms with van der Waals surface area (Å²) in [5, 5.41) is 10.1. The van der Waals surface area contributed by atoms with Crippen molar-refractivity contribution in [2.75, 3.05) is 6.61 Å². The van der Waals surface area contributed by atoms with E-state index >= 15 is 0 Å². The van der Waals surface area contributed by atoms with Crippen LogP contribution in [0.15, 0.2) is 66.2 Å². The first-order chi connectivity index (χ1) is 13.0. The standard InChI is InChI=1S/C22H23NO4/c1-15(2)12-13-27-18-10-8-17(9-11-18)20-19(21(24)23(26)22(20)25)14-16-6-4-3-5-7-16/h3-12,19-20,26H,13-14H2,1-2H3. The first-order valence-corrected chi connectivity index (χ1v) is 8.94. The average Bonchev–Trinajstić information content (AvgIpc) is 2.87. The Hall–Kier alpha value is -2.92. The third-order valence-electron chi connectivity index (χ3n) is 4.68. The lowest BCUT2D eigenvalue weighted by Crippen LogP contribution is -2.27. The fraction of sp³-hybridized carbons (Fsp3) is 0.273. The van der Waals surface area contributed by atoms with Crippen molar-refractivity contribution in [1.82, 2.24) is 5.06 Å². The maximum atomic E-state index is 12.5. The molecule has 2 aromatic rings. The van der Waals surface area contributed by atoms with Gasteiger partial charge in [-0.3, -0.25) is 14.8 Å². The number of ether oxygens (including phenoxy) is 1. The van der Waals surface area contributed by atoms with Crippen LogP contribution in [0.2, 0.25) is 0 Å². The highest BCUT2D eigenvalue weighted by molar-refractivity contribution is 6.06. The van der Waals surface area contributed by atoms with Crippen molar-refractivity contribution in [3.8, 4) is 5.75 Å². The molecule has 140 valence electrons. The van der Waals surface area contributed by atoms with Gasteiger partial charge < -0.3 is 4.74 Å². The molecule has 1 aliphatic rings. The maximum absolute atomic E-state index is 12.5. The number of nitrogens with zero attached hydrogens (tertiary/aromatic N) is 1. The van der Waals surface area contributed by atoms with Gasteiger partial charge in [-0.25, -0.2) is 0 Å². The number of hydroxylamine groups is 2. The zero-order chi connectivity index (χ0) is 19.4. The quantitative estimate of drug-likeness (QED) is 0.481. The highest BCUT2D eigenvalue weighted by Crippen LogP contribution is 2.36. The second-order valence-corrected chi connectivity index (χ2v) is 6.92. The molecule has 1 heterocycles. The van der Waals surface area contributed by atoms with E-state index < -0.39 is 23.7 Å². The van der Waals surface area contributed by atoms with Crippen LogP contribution in [0, 0.1) is 5.92 Å². The molecule has 0 saturated carbocycles. The zero-order valence-electron chi connectivity index (χ0n) is 15.5. The molecule has 1 fully saturated rings. The minimum atomic E-state index is -0.700. The van der Waals surface area contributed by atoms with Gasteiger partial charge in [0.05, 0.1) is 11.8 Å². The summed E-state index contributed by atoms with van der Waals surface area (Å²) in [5.74, 6) is -1.78. The molecule has 5 heteroatoms. The molecule has 2 aromatic carbocycles. The van der Waals surface area contributed by atoms with Crippen LogP contribution >= 0.6 is 0 Å². The summed E-state index contributed by atoms with van der Waals surface area (Å²) in [6, 6.07) is 16.6. The van der Waals surface area contributed by atoms with E-state index in [0.29, 0.717) is 24.3 Å². The van der Waals surface area contributed by atoms with Gasteiger partial charge in [0.2, 0.25) is 0 Å². The number of carbonyl (C=O) groups excluding carboxylic acids is 2. The SMILES string of the molecule is CC(C)=CCOc1ccc(C2C(=O)N(O)C(=O)C2Cc2ccccc2)cc1. The Balaban J connectivity index is 1.80. The Bertz CT molecular complexity index is 838. The summed E-state index contributed by atoms with van der Waals surface area (Å²) in [5.41, 5.74) is 2.82. The summed E-state index contributed by atoms with van der Waals surface area (Å²) < 4.78 is 5.64. The number of rotatable bonds is 6. The average molecular weight is 365 g/mol. The van der Waals surface area contributed by atoms with Gasteiger partial charge in [0, 0.05) is 0 Å². The molecule has 3 rings (SSSR count). The summed E-state index contributed by atoms with van der Waals surface area (Å²) in [4.78, 5) is 24.9. The summed E-state index contributed by atoms with van der Waals surface area (Å²) in [6.45, 7) is 4.48. The topological polar surface area (TPSA) is 66.8 Å². The van der Waals surface area contributed by atoms with E-state index in [2.05, 4.69) is 0 Å². The minimum Gasteiger partial charge on any atom is -0.490 e. The van der Waals surface area contributed by atoms with Crippen molar-refractivity contribution in [2.45, 2.75) is 26.2 Å². The number of allylic oxidation sites excluding steroid dienone is 1. The van der Waals surface area contributed by atoms with E-state index in [1.54, 1.807) is 24.3 Å². The van der Waals surface area contributed by atoms with Crippen LogP contribution < -0.4 is 4.74 Å². The number of amides is 2. The van der Waals surface area contributed by atoms with Crippen molar-refractivity contribution in [1.29, 1.82) is 0 Å². The molecule has 5 nitrogen and oxygen atoms in total. The largest absolute Gasteiger partial charge is 0.490 e. The van der Waals surface area contributed by atoms with Crippen LogP contribution in [0.5, 0.6) is 5.75 Å². The molecule has 0 radical (unpaired) electrons. The normalized spacial score (nSPS) is 19.3. The van der Waals surface area contributed by atoms with E-state index in [1.807, 2.05) is 50.3 Å². The third-order valence-corrected chi connectivity index (χ3v) is 4.68. The van der Waals surface area contributed by atoms with Gasteiger partial charge >= 0.3 is 0 Å². The number of hydrogen-bond acceptors (Lipinski definition) is 4. The Kier molecular flexibility index (Phi) is 5.72. The lowest BCUT2D eigenvalue weighted by molar-refractivity contribution is -0.172. The first kappa shape index (κ1) is 18.9. The Morgan fingerprint density at radius 1 is 1.04 bits per heavy atom. The smallest absolute Gasteiger partial charge is 0.261 e. The molecular weight excluding hydrogens is 342 g/mol. The van der Waals surface area contributed by atoms with Crippen LogP contribution in [-0.2, 0) is 16.0 Å². The Morgan fingerprint density at radius 3 is 2.33 bits per heavy atom. The van der Waals surface area contributed by atoms with Gasteiger partial charge in [0.25, 0.3) is 11.8 Å². The second kappa shape index (κ2) is 8.18. The minimum absolute atomic E-state index is 0.261. The van der Waals surface area contributed by atoms with Crippen LogP contribution in [0.3, 0.4) is 0 Å². The van der Waals surface area contributed by atoms with E-state index in [-0.39, 0.29) is 5.06 Å². The van der Waals surface area contributed by atoms with Crippen molar-refractivity contribution < 1.29 is 19.5 Å². The molecule has 0 aromatic heterocycles. The van der Waals surface area contributed by atoms with Crippen LogP contribution in [0.1, 0.15) is 30.9 Å². The van der Waals surface area contributed by atoms with Crippen molar-refractivity contribution in [3.63, 3.8) is 0 Å². The van der Waals surface area contributed by atoms with Crippen molar-refractivity contribution >= 4 is 11.8 Å². The molecule has 0 spiro atoms. The van der Waals surface area contributed by atoms with Gasteiger partial charge in [-0.05, 0) is 49.6 Å². The molecule has 1 N–H and O–H groups in total. The highest BCUT2D eigenvalue weighted by atomic mass is 16.5. The van der Waals surface area contributed by atoms with Gasteiger partial charge in [-0.15, -0.1) is 0 Å². The zero-order valence-corrected chi connectivity index (χ0v) is 15.5. The molecule has 0 bridgehead atoms. The Labute approximate surface area is 158 Å². The molecule has 1 saturated heterocycles. The van der Waals surface area contributed by atoms with Gasteiger partial charge in [0.15, 0.2) is 0 Å². The summed E-state index contributed by atoms with van der Waals surface area (Å²) in [6.07, 6.45) is 2.37. The molecular formula is C22H23NO4. The van der Waals surface area contributed by atoms with E-state index in [4.69, 9.17) is 4.74 Å². The van der Waals surface area contributed by atoms with Gasteiger partial charge in [0.1, 0.15) is 12.4 Å². The van der Waals surface area contributed by atoms with Crippen LogP contribution in [0.25, 0.3) is 0 Å². The fourth-order valence-corrected chi connectivity index (χ4v) is 3.24. The first-order valence-electron chi connectivity index (χ1n) is 8.94. The van der Waals surface area contributed by atoms with E-state index in [0.717, 1.165) is 5.56 Å². The van der Waals surface area contributed by atoms with E-state index in [1.165, 1.54) is 5.57 Å². The number of benzene rings is 2. The van der Waals surface area contributed by atoms with Crippen LogP contribution in [-0.4, -0.2) is 28.7 Å². The molecule has 2 unspecified atom stereocenters. The maximum Gasteiger partial charge on any atom is 0.261 e. The highest BCUT2D eigenvalue weighted by Gasteiger charge is 2.48. The second-order valence-electron chi connectivity index (χ2n) is 6.92. The van der Waals surface area contributed by atoms with E-state index in [9.17, 15) is 14.8 Å². The predicted molar refractivity (Wildman–Crippen MR) is 101 cm³/mol. The molecule has 27 heavy (non-hydrogen) atoms. The number of imide groups is 1. The number of carbonyl (C=O) groups is 2. The molecule has 1 aliphatic heterocycles. The summed E-state index contributed by atoms with van der Waals surface area (Å²) in [7, 11) is 0. The van der Waals surface area contributed by atoms with Gasteiger partial charge in [-0.1, -0.05) is 48.0 Å². The molecule has 2 atom stereocenters. The summed E-state index contributed by atoms with van der Waals surface area (Å²) >= 11 is 0. The molecule has 2 amide bonds. The predicted octanol–water partition coefficient (Wildman–Crippen LogP) is 3.73. The number of hydrogen-bond donors (Lipinski definition) is 1. The Morgan fingerprint density at radius 2 is 1.70 bits per heavy atom. The lowest BCUT2D eigenvalue weighted by atomic mass is 9.84.